The van der Waals surface area contributed by atoms with E-state index in [-0.39, 0.29) is 18.1 Å². The van der Waals surface area contributed by atoms with E-state index in [0.717, 1.165) is 54.3 Å². The molecule has 41 heavy (non-hydrogen) atoms. The molecule has 2 aliphatic heterocycles. The third-order valence-electron chi connectivity index (χ3n) is 8.66. The zero-order valence-corrected chi connectivity index (χ0v) is 24.0. The summed E-state index contributed by atoms with van der Waals surface area (Å²) < 4.78 is 11.5. The number of nitrogens with zero attached hydrogens (tertiary/aromatic N) is 4. The Kier molecular flexibility index (Phi) is 7.50. The summed E-state index contributed by atoms with van der Waals surface area (Å²) in [6.07, 6.45) is 4.35. The first kappa shape index (κ1) is 27.4. The highest BCUT2D eigenvalue weighted by Gasteiger charge is 2.34. The Labute approximate surface area is 241 Å². The number of nitriles is 1. The minimum atomic E-state index is -0.753. The molecule has 2 aromatic heterocycles. The highest BCUT2D eigenvalue weighted by atomic mass is 16.5. The van der Waals surface area contributed by atoms with Crippen LogP contribution in [0.1, 0.15) is 83.9 Å². The highest BCUT2D eigenvalue weighted by Crippen LogP contribution is 2.47. The molecular weight excluding hydrogens is 514 g/mol. The molecule has 8 nitrogen and oxygen atoms in total. The molecule has 0 spiro atoms. The van der Waals surface area contributed by atoms with E-state index in [4.69, 9.17) is 14.5 Å². The normalized spacial score (nSPS) is 27.3. The first-order valence-electron chi connectivity index (χ1n) is 14.5. The van der Waals surface area contributed by atoms with Crippen LogP contribution in [0, 0.1) is 11.3 Å². The number of amides is 1. The maximum absolute atomic E-state index is 13.0. The molecule has 1 amide bonds. The Hall–Kier alpha value is -3.80. The van der Waals surface area contributed by atoms with Gasteiger partial charge in [0, 0.05) is 36.5 Å². The minimum Gasteiger partial charge on any atom is -0.375 e. The molecule has 8 heteroatoms. The lowest BCUT2D eigenvalue weighted by Crippen LogP contribution is -2.45. The molecule has 1 N–H and O–H groups in total. The summed E-state index contributed by atoms with van der Waals surface area (Å²) in [5.41, 5.74) is 4.87. The van der Waals surface area contributed by atoms with E-state index < -0.39 is 5.41 Å². The van der Waals surface area contributed by atoms with Crippen LogP contribution in [0.3, 0.4) is 0 Å². The number of carbonyl (C=O) groups is 1. The fourth-order valence-electron chi connectivity index (χ4n) is 6.35. The maximum Gasteiger partial charge on any atom is 0.251 e. The largest absolute Gasteiger partial charge is 0.375 e. The van der Waals surface area contributed by atoms with Gasteiger partial charge in [0.25, 0.3) is 5.91 Å². The number of hydrogen-bond acceptors (Lipinski definition) is 7. The van der Waals surface area contributed by atoms with Gasteiger partial charge in [0.05, 0.1) is 43.7 Å². The Balaban J connectivity index is 1.06. The zero-order chi connectivity index (χ0) is 28.6. The van der Waals surface area contributed by atoms with Crippen molar-refractivity contribution in [2.45, 2.75) is 76.2 Å². The Morgan fingerprint density at radius 1 is 1.12 bits per heavy atom. The van der Waals surface area contributed by atoms with Gasteiger partial charge in [-0.1, -0.05) is 12.1 Å². The summed E-state index contributed by atoms with van der Waals surface area (Å²) in [6, 6.07) is 18.4. The highest BCUT2D eigenvalue weighted by molar-refractivity contribution is 5.94. The molecule has 1 aromatic carbocycles. The number of morpholine rings is 1. The van der Waals surface area contributed by atoms with E-state index in [2.05, 4.69) is 65.4 Å². The van der Waals surface area contributed by atoms with Crippen molar-refractivity contribution in [1.82, 2.24) is 15.3 Å². The van der Waals surface area contributed by atoms with Crippen LogP contribution >= 0.6 is 0 Å². The minimum absolute atomic E-state index is 0.175. The van der Waals surface area contributed by atoms with E-state index in [1.54, 1.807) is 6.07 Å². The van der Waals surface area contributed by atoms with Crippen molar-refractivity contribution in [3.05, 3.63) is 88.4 Å². The predicted octanol–water partition coefficient (Wildman–Crippen LogP) is 4.99. The van der Waals surface area contributed by atoms with E-state index in [1.807, 2.05) is 25.3 Å². The number of carbonyl (C=O) groups excluding carboxylic acids is 1. The van der Waals surface area contributed by atoms with E-state index in [1.165, 1.54) is 5.56 Å². The van der Waals surface area contributed by atoms with Gasteiger partial charge in [-0.2, -0.15) is 5.26 Å². The van der Waals surface area contributed by atoms with Gasteiger partial charge in [0.15, 0.2) is 0 Å². The van der Waals surface area contributed by atoms with Crippen molar-refractivity contribution in [2.75, 3.05) is 24.6 Å². The van der Waals surface area contributed by atoms with Crippen molar-refractivity contribution >= 4 is 11.7 Å². The maximum atomic E-state index is 13.0. The third kappa shape index (κ3) is 5.70. The second-order valence-electron chi connectivity index (χ2n) is 12.0. The molecule has 212 valence electrons. The molecule has 1 aliphatic carbocycles. The van der Waals surface area contributed by atoms with Crippen LogP contribution in [0.5, 0.6) is 0 Å². The van der Waals surface area contributed by atoms with E-state index >= 15 is 0 Å². The first-order valence-corrected chi connectivity index (χ1v) is 14.5. The van der Waals surface area contributed by atoms with Gasteiger partial charge < -0.3 is 19.7 Å². The predicted molar refractivity (Wildman–Crippen MR) is 156 cm³/mol. The van der Waals surface area contributed by atoms with Crippen molar-refractivity contribution < 1.29 is 14.3 Å². The molecule has 6 rings (SSSR count). The number of rotatable bonds is 6. The molecule has 1 saturated carbocycles. The molecule has 3 aliphatic rings. The Morgan fingerprint density at radius 2 is 1.93 bits per heavy atom. The zero-order valence-electron chi connectivity index (χ0n) is 24.0. The average Bonchev–Trinajstić information content (AvgIpc) is 2.95. The summed E-state index contributed by atoms with van der Waals surface area (Å²) in [4.78, 5) is 24.9. The molecular formula is C33H37N5O3. The number of anilines is 1. The first-order chi connectivity index (χ1) is 19.8. The van der Waals surface area contributed by atoms with Crippen LogP contribution in [-0.2, 0) is 28.0 Å². The van der Waals surface area contributed by atoms with Crippen molar-refractivity contribution in [3.63, 3.8) is 0 Å². The lowest BCUT2D eigenvalue weighted by Gasteiger charge is -2.38. The fraction of sp³-hybridized carbons (Fsp3) is 0.455. The van der Waals surface area contributed by atoms with Crippen LogP contribution in [0.25, 0.3) is 0 Å². The lowest BCUT2D eigenvalue weighted by atomic mass is 9.70. The number of benzene rings is 1. The number of ether oxygens (including phenoxy) is 2. The van der Waals surface area contributed by atoms with Gasteiger partial charge in [0.1, 0.15) is 11.2 Å². The molecule has 4 heterocycles. The van der Waals surface area contributed by atoms with Gasteiger partial charge in [0.2, 0.25) is 0 Å². The number of aromatic nitrogens is 2. The molecule has 2 fully saturated rings. The number of hydrogen-bond donors (Lipinski definition) is 1. The molecule has 3 aromatic rings. The summed E-state index contributed by atoms with van der Waals surface area (Å²) in [5.74, 6) is 1.77. The smallest absolute Gasteiger partial charge is 0.251 e. The van der Waals surface area contributed by atoms with E-state index in [9.17, 15) is 10.1 Å². The van der Waals surface area contributed by atoms with Gasteiger partial charge >= 0.3 is 0 Å². The van der Waals surface area contributed by atoms with Gasteiger partial charge in [-0.05, 0) is 92.6 Å². The second kappa shape index (κ2) is 11.2. The monoisotopic (exact) mass is 551 g/mol. The standard InChI is InChI=1S/C33H37N5O3/c1-21-16-38(17-22(2)41-21)31-6-4-5-30(37-31)27-11-26(12-27)23-9-10-35-28(13-23)15-36-32(39)24-7-8-25-18-40-20-33(3,19-34)29(25)14-24/h4-10,13-14,21-22,26-27H,11-12,15-18,20H2,1-3H3,(H,36,39)/t21-,22+,26?,27?,33-/m1/s1. The molecule has 3 atom stereocenters. The average molecular weight is 552 g/mol. The second-order valence-corrected chi connectivity index (χ2v) is 12.0. The topological polar surface area (TPSA) is 100 Å². The van der Waals surface area contributed by atoms with Crippen LogP contribution in [0.15, 0.2) is 54.7 Å². The lowest BCUT2D eigenvalue weighted by molar-refractivity contribution is -0.00547. The summed E-state index contributed by atoms with van der Waals surface area (Å²) >= 11 is 0. The van der Waals surface area contributed by atoms with Gasteiger partial charge in [-0.15, -0.1) is 0 Å². The fourth-order valence-corrected chi connectivity index (χ4v) is 6.35. The van der Waals surface area contributed by atoms with Gasteiger partial charge in [-0.25, -0.2) is 4.98 Å². The third-order valence-corrected chi connectivity index (χ3v) is 8.66. The van der Waals surface area contributed by atoms with E-state index in [0.29, 0.717) is 37.2 Å². The molecule has 0 unspecified atom stereocenters. The number of nitrogens with one attached hydrogen (secondary N) is 1. The summed E-state index contributed by atoms with van der Waals surface area (Å²) in [5, 5.41) is 12.7. The van der Waals surface area contributed by atoms with Crippen molar-refractivity contribution in [2.24, 2.45) is 0 Å². The summed E-state index contributed by atoms with van der Waals surface area (Å²) in [6.45, 7) is 8.95. The molecule has 0 bridgehead atoms. The van der Waals surface area contributed by atoms with Crippen LogP contribution < -0.4 is 10.2 Å². The molecule has 0 radical (unpaired) electrons. The Morgan fingerprint density at radius 3 is 2.71 bits per heavy atom. The number of fused-ring (bicyclic) bond motifs is 1. The Bertz CT molecular complexity index is 1470. The summed E-state index contributed by atoms with van der Waals surface area (Å²) in [7, 11) is 0. The van der Waals surface area contributed by atoms with Crippen LogP contribution in [0.4, 0.5) is 5.82 Å². The van der Waals surface area contributed by atoms with Crippen LogP contribution in [0.2, 0.25) is 0 Å². The molecule has 1 saturated heterocycles. The van der Waals surface area contributed by atoms with Gasteiger partial charge in [-0.3, -0.25) is 9.78 Å². The van der Waals surface area contributed by atoms with Crippen molar-refractivity contribution in [3.8, 4) is 6.07 Å². The number of pyridine rings is 2. The quantitative estimate of drug-likeness (QED) is 0.461. The SMILES string of the molecule is C[C@@H]1CN(c2cccc(C3CC(c4ccnc(CNC(=O)c5ccc6c(c5)[C@](C)(C#N)COC6)c4)C3)n2)C[C@H](C)O1. The van der Waals surface area contributed by atoms with Crippen LogP contribution in [-0.4, -0.2) is 47.8 Å². The van der Waals surface area contributed by atoms with Crippen molar-refractivity contribution in [1.29, 1.82) is 5.26 Å².